The summed E-state index contributed by atoms with van der Waals surface area (Å²) >= 11 is 0. The van der Waals surface area contributed by atoms with Crippen LogP contribution in [-0.2, 0) is 0 Å². The van der Waals surface area contributed by atoms with Crippen LogP contribution in [0.2, 0.25) is 0 Å². The highest BCUT2D eigenvalue weighted by molar-refractivity contribution is 14.0. The Labute approximate surface area is 194 Å². The molecule has 0 spiro atoms. The van der Waals surface area contributed by atoms with Crippen molar-refractivity contribution < 1.29 is 18.7 Å². The summed E-state index contributed by atoms with van der Waals surface area (Å²) in [6.07, 6.45) is 2.37. The van der Waals surface area contributed by atoms with E-state index in [0.717, 1.165) is 43.5 Å². The van der Waals surface area contributed by atoms with E-state index in [-0.39, 0.29) is 29.9 Å². The number of nitrogens with one attached hydrogen (secondary N) is 1. The van der Waals surface area contributed by atoms with Crippen molar-refractivity contribution >= 4 is 35.8 Å². The summed E-state index contributed by atoms with van der Waals surface area (Å²) in [5.41, 5.74) is 0. The van der Waals surface area contributed by atoms with E-state index >= 15 is 0 Å². The number of nitrogens with zero attached hydrogens (tertiary/aromatic N) is 3. The normalized spacial score (nSPS) is 14.1. The Kier molecular flexibility index (Phi) is 9.78. The number of carbonyl (C=O) groups excluding carboxylic acids is 1. The fourth-order valence-electron chi connectivity index (χ4n) is 3.14. The molecule has 0 bridgehead atoms. The first kappa shape index (κ1) is 23.8. The van der Waals surface area contributed by atoms with Gasteiger partial charge in [0.05, 0.1) is 20.0 Å². The van der Waals surface area contributed by atoms with Crippen LogP contribution in [0.4, 0.5) is 0 Å². The Morgan fingerprint density at radius 1 is 1.10 bits per heavy atom. The maximum atomic E-state index is 12.4. The molecule has 9 heteroatoms. The van der Waals surface area contributed by atoms with E-state index in [9.17, 15) is 4.79 Å². The summed E-state index contributed by atoms with van der Waals surface area (Å²) in [4.78, 5) is 20.7. The second-order valence-electron chi connectivity index (χ2n) is 6.61. The molecule has 1 N–H and O–H groups in total. The van der Waals surface area contributed by atoms with Crippen molar-refractivity contribution in [3.8, 4) is 11.5 Å². The molecule has 0 atom stereocenters. The molecule has 2 aromatic rings. The van der Waals surface area contributed by atoms with Gasteiger partial charge in [-0.15, -0.1) is 24.0 Å². The number of ether oxygens (including phenoxy) is 2. The lowest BCUT2D eigenvalue weighted by atomic mass is 10.3. The zero-order valence-electron chi connectivity index (χ0n) is 17.4. The lowest BCUT2D eigenvalue weighted by molar-refractivity contribution is 0.0657. The van der Waals surface area contributed by atoms with Crippen molar-refractivity contribution in [1.82, 2.24) is 15.1 Å². The molecule has 30 heavy (non-hydrogen) atoms. The van der Waals surface area contributed by atoms with Gasteiger partial charge in [-0.1, -0.05) is 0 Å². The Bertz CT molecular complexity index is 788. The number of carbonyl (C=O) groups is 1. The number of furan rings is 1. The number of piperazine rings is 1. The lowest BCUT2D eigenvalue weighted by Gasteiger charge is -2.36. The second kappa shape index (κ2) is 12.3. The largest absolute Gasteiger partial charge is 0.497 e. The third-order valence-corrected chi connectivity index (χ3v) is 4.74. The van der Waals surface area contributed by atoms with Crippen LogP contribution in [0, 0.1) is 0 Å². The van der Waals surface area contributed by atoms with E-state index in [2.05, 4.69) is 15.2 Å². The van der Waals surface area contributed by atoms with Crippen LogP contribution in [0.25, 0.3) is 0 Å². The zero-order valence-corrected chi connectivity index (χ0v) is 19.7. The third kappa shape index (κ3) is 6.54. The Morgan fingerprint density at radius 2 is 1.77 bits per heavy atom. The molecular weight excluding hydrogens is 499 g/mol. The molecule has 0 radical (unpaired) electrons. The van der Waals surface area contributed by atoms with Crippen molar-refractivity contribution in [1.29, 1.82) is 0 Å². The van der Waals surface area contributed by atoms with Gasteiger partial charge in [0.15, 0.2) is 11.7 Å². The van der Waals surface area contributed by atoms with Crippen molar-refractivity contribution in [3.05, 3.63) is 48.4 Å². The van der Waals surface area contributed by atoms with Gasteiger partial charge >= 0.3 is 0 Å². The predicted molar refractivity (Wildman–Crippen MR) is 126 cm³/mol. The molecule has 0 unspecified atom stereocenters. The fraction of sp³-hybridized carbons (Fsp3) is 0.429. The second-order valence-corrected chi connectivity index (χ2v) is 6.61. The van der Waals surface area contributed by atoms with Crippen LogP contribution < -0.4 is 14.8 Å². The number of methoxy groups -OCH3 is 1. The van der Waals surface area contributed by atoms with Crippen LogP contribution in [0.3, 0.4) is 0 Å². The molecule has 1 saturated heterocycles. The van der Waals surface area contributed by atoms with Gasteiger partial charge in [-0.2, -0.15) is 0 Å². The van der Waals surface area contributed by atoms with Crippen LogP contribution >= 0.6 is 24.0 Å². The zero-order chi connectivity index (χ0) is 20.5. The number of hydrogen-bond donors (Lipinski definition) is 1. The van der Waals surface area contributed by atoms with Gasteiger partial charge in [-0.3, -0.25) is 9.79 Å². The Morgan fingerprint density at radius 3 is 2.37 bits per heavy atom. The van der Waals surface area contributed by atoms with Gasteiger partial charge in [0.1, 0.15) is 11.5 Å². The van der Waals surface area contributed by atoms with Gasteiger partial charge in [0.2, 0.25) is 0 Å². The minimum atomic E-state index is -0.0618. The number of guanidine groups is 1. The number of rotatable bonds is 7. The molecule has 0 aliphatic carbocycles. The molecule has 1 aliphatic heterocycles. The Hall–Kier alpha value is -2.43. The highest BCUT2D eigenvalue weighted by Gasteiger charge is 2.24. The summed E-state index contributed by atoms with van der Waals surface area (Å²) < 4.78 is 16.1. The van der Waals surface area contributed by atoms with E-state index in [1.54, 1.807) is 26.3 Å². The van der Waals surface area contributed by atoms with Gasteiger partial charge in [0, 0.05) is 39.8 Å². The standard InChI is InChI=1S/C21H28N4O4.HI/c1-22-21(23-10-4-16-28-18-8-6-17(27-2)7-9-18)25-13-11-24(12-14-25)20(26)19-5-3-15-29-19;/h3,5-9,15H,4,10-14,16H2,1-2H3,(H,22,23);1H. The first-order chi connectivity index (χ1) is 14.2. The van der Waals surface area contributed by atoms with Gasteiger partial charge in [-0.25, -0.2) is 0 Å². The maximum absolute atomic E-state index is 12.4. The fourth-order valence-corrected chi connectivity index (χ4v) is 3.14. The number of halogens is 1. The SMILES string of the molecule is CN=C(NCCCOc1ccc(OC)cc1)N1CCN(C(=O)c2ccco2)CC1.I. The number of hydrogen-bond acceptors (Lipinski definition) is 5. The number of benzene rings is 1. The third-order valence-electron chi connectivity index (χ3n) is 4.74. The summed E-state index contributed by atoms with van der Waals surface area (Å²) in [5, 5.41) is 3.37. The molecule has 8 nitrogen and oxygen atoms in total. The summed E-state index contributed by atoms with van der Waals surface area (Å²) in [6, 6.07) is 11.0. The van der Waals surface area contributed by atoms with E-state index < -0.39 is 0 Å². The molecule has 1 aliphatic rings. The summed E-state index contributed by atoms with van der Waals surface area (Å²) in [6.45, 7) is 4.11. The van der Waals surface area contributed by atoms with Crippen LogP contribution in [0.1, 0.15) is 17.0 Å². The van der Waals surface area contributed by atoms with Crippen molar-refractivity contribution in [2.45, 2.75) is 6.42 Å². The molecular formula is C21H29IN4O4. The molecule has 3 rings (SSSR count). The summed E-state index contributed by atoms with van der Waals surface area (Å²) in [7, 11) is 3.42. The molecule has 2 heterocycles. The Balaban J connectivity index is 0.00000320. The average molecular weight is 528 g/mol. The molecule has 164 valence electrons. The monoisotopic (exact) mass is 528 g/mol. The molecule has 1 amide bonds. The highest BCUT2D eigenvalue weighted by atomic mass is 127. The van der Waals surface area contributed by atoms with Gasteiger partial charge in [-0.05, 0) is 42.8 Å². The van der Waals surface area contributed by atoms with E-state index in [4.69, 9.17) is 13.9 Å². The summed E-state index contributed by atoms with van der Waals surface area (Å²) in [5.74, 6) is 2.81. The van der Waals surface area contributed by atoms with Crippen LogP contribution in [-0.4, -0.2) is 75.2 Å². The minimum Gasteiger partial charge on any atom is -0.497 e. The van der Waals surface area contributed by atoms with Gasteiger partial charge in [0.25, 0.3) is 5.91 Å². The predicted octanol–water partition coefficient (Wildman–Crippen LogP) is 2.71. The van der Waals surface area contributed by atoms with Crippen molar-refractivity contribution in [2.75, 3.05) is 53.5 Å². The number of aliphatic imine (C=N–C) groups is 1. The molecule has 0 saturated carbocycles. The van der Waals surface area contributed by atoms with Crippen LogP contribution in [0.15, 0.2) is 52.1 Å². The molecule has 1 aromatic carbocycles. The molecule has 1 fully saturated rings. The topological polar surface area (TPSA) is 79.5 Å². The minimum absolute atomic E-state index is 0. The number of amides is 1. The van der Waals surface area contributed by atoms with Crippen molar-refractivity contribution in [3.63, 3.8) is 0 Å². The van der Waals surface area contributed by atoms with Crippen LogP contribution in [0.5, 0.6) is 11.5 Å². The smallest absolute Gasteiger partial charge is 0.289 e. The van der Waals surface area contributed by atoms with Gasteiger partial charge < -0.3 is 29.0 Å². The van der Waals surface area contributed by atoms with E-state index in [0.29, 0.717) is 25.5 Å². The van der Waals surface area contributed by atoms with E-state index in [1.165, 1.54) is 6.26 Å². The maximum Gasteiger partial charge on any atom is 0.289 e. The van der Waals surface area contributed by atoms with Crippen molar-refractivity contribution in [2.24, 2.45) is 4.99 Å². The van der Waals surface area contributed by atoms with E-state index in [1.807, 2.05) is 29.2 Å². The highest BCUT2D eigenvalue weighted by Crippen LogP contribution is 2.17. The first-order valence-corrected chi connectivity index (χ1v) is 9.76. The lowest BCUT2D eigenvalue weighted by Crippen LogP contribution is -2.53. The molecule has 1 aromatic heterocycles. The quantitative estimate of drug-likeness (QED) is 0.258. The first-order valence-electron chi connectivity index (χ1n) is 9.76. The average Bonchev–Trinajstić information content (AvgIpc) is 3.31.